The largest absolute Gasteiger partial charge is 0.491 e. The number of hydrogen-bond donors (Lipinski definition) is 1. The summed E-state index contributed by atoms with van der Waals surface area (Å²) in [6.07, 6.45) is 9.03. The molecular formula is C23H28N4O3. The van der Waals surface area contributed by atoms with Gasteiger partial charge in [0, 0.05) is 37.0 Å². The van der Waals surface area contributed by atoms with E-state index in [2.05, 4.69) is 4.98 Å². The highest BCUT2D eigenvalue weighted by atomic mass is 16.5. The Kier molecular flexibility index (Phi) is 4.93. The standard InChI is InChI=1S/C23H28N4O3/c1-27(14-16(29)13-23-10-15(11-23)12-23)22-18-3-2-4-19(18)25-21(26-22)20-9-17(5-6-24-20)30-8-7-28/h5-6,9,15,28H,2-4,7-8,10-14H2,1H3. The number of aliphatic hydroxyl groups is 1. The maximum absolute atomic E-state index is 12.7. The maximum Gasteiger partial charge on any atom is 0.180 e. The topological polar surface area (TPSA) is 88.4 Å². The number of aryl methyl sites for hydroxylation is 1. The predicted molar refractivity (Wildman–Crippen MR) is 113 cm³/mol. The molecule has 7 nitrogen and oxygen atoms in total. The third-order valence-corrected chi connectivity index (χ3v) is 6.74. The van der Waals surface area contributed by atoms with Gasteiger partial charge in [-0.3, -0.25) is 9.78 Å². The summed E-state index contributed by atoms with van der Waals surface area (Å²) in [6, 6.07) is 3.55. The van der Waals surface area contributed by atoms with Crippen LogP contribution in [0.1, 0.15) is 43.4 Å². The molecule has 4 aliphatic carbocycles. The van der Waals surface area contributed by atoms with Gasteiger partial charge in [0.15, 0.2) is 11.6 Å². The van der Waals surface area contributed by atoms with Gasteiger partial charge in [-0.1, -0.05) is 0 Å². The molecule has 0 spiro atoms. The van der Waals surface area contributed by atoms with Gasteiger partial charge in [0.25, 0.3) is 0 Å². The number of Topliss-reactive ketones (excluding diaryl/α,β-unsaturated/α-hetero) is 1. The van der Waals surface area contributed by atoms with Crippen LogP contribution in [0.2, 0.25) is 0 Å². The van der Waals surface area contributed by atoms with Gasteiger partial charge in [-0.2, -0.15) is 0 Å². The number of aromatic nitrogens is 3. The second-order valence-corrected chi connectivity index (χ2v) is 9.15. The molecule has 2 aromatic rings. The van der Waals surface area contributed by atoms with Crippen molar-refractivity contribution in [3.8, 4) is 17.3 Å². The van der Waals surface area contributed by atoms with E-state index >= 15 is 0 Å². The van der Waals surface area contributed by atoms with Crippen molar-refractivity contribution >= 4 is 11.6 Å². The molecule has 7 heteroatoms. The molecule has 2 aromatic heterocycles. The molecule has 0 aliphatic heterocycles. The highest BCUT2D eigenvalue weighted by Crippen LogP contribution is 2.66. The monoisotopic (exact) mass is 408 g/mol. The van der Waals surface area contributed by atoms with E-state index in [4.69, 9.17) is 19.8 Å². The van der Waals surface area contributed by atoms with E-state index < -0.39 is 0 Å². The number of carbonyl (C=O) groups is 1. The van der Waals surface area contributed by atoms with E-state index in [1.54, 1.807) is 18.3 Å². The molecule has 6 rings (SSSR count). The summed E-state index contributed by atoms with van der Waals surface area (Å²) in [4.78, 5) is 28.7. The number of likely N-dealkylation sites (N-methyl/N-ethyl adjacent to an activating group) is 1. The van der Waals surface area contributed by atoms with Gasteiger partial charge in [0.2, 0.25) is 0 Å². The van der Waals surface area contributed by atoms with Crippen molar-refractivity contribution in [2.24, 2.45) is 11.3 Å². The zero-order chi connectivity index (χ0) is 20.7. The van der Waals surface area contributed by atoms with Crippen LogP contribution in [0.3, 0.4) is 0 Å². The number of pyridine rings is 1. The predicted octanol–water partition coefficient (Wildman–Crippen LogP) is 2.59. The van der Waals surface area contributed by atoms with Gasteiger partial charge < -0.3 is 14.7 Å². The smallest absolute Gasteiger partial charge is 0.180 e. The molecule has 0 amide bonds. The first kappa shape index (κ1) is 19.4. The number of carbonyl (C=O) groups excluding carboxylic acids is 1. The van der Waals surface area contributed by atoms with Crippen LogP contribution >= 0.6 is 0 Å². The fraction of sp³-hybridized carbons (Fsp3) is 0.565. The molecule has 3 fully saturated rings. The highest BCUT2D eigenvalue weighted by molar-refractivity contribution is 5.84. The molecule has 0 aromatic carbocycles. The molecule has 0 unspecified atom stereocenters. The molecule has 4 aliphatic rings. The van der Waals surface area contributed by atoms with E-state index in [0.29, 0.717) is 41.4 Å². The second-order valence-electron chi connectivity index (χ2n) is 9.15. The molecule has 158 valence electrons. The summed E-state index contributed by atoms with van der Waals surface area (Å²) in [5.41, 5.74) is 3.18. The van der Waals surface area contributed by atoms with Gasteiger partial charge in [-0.25, -0.2) is 9.97 Å². The Labute approximate surface area is 176 Å². The van der Waals surface area contributed by atoms with Gasteiger partial charge in [-0.05, 0) is 55.9 Å². The minimum absolute atomic E-state index is 0.0437. The minimum Gasteiger partial charge on any atom is -0.491 e. The van der Waals surface area contributed by atoms with Crippen LogP contribution in [0.15, 0.2) is 18.3 Å². The maximum atomic E-state index is 12.7. The fourth-order valence-electron chi connectivity index (χ4n) is 5.32. The van der Waals surface area contributed by atoms with Crippen LogP contribution in [-0.4, -0.2) is 52.6 Å². The number of nitrogens with zero attached hydrogens (tertiary/aromatic N) is 4. The van der Waals surface area contributed by atoms with E-state index in [0.717, 1.165) is 42.3 Å². The Morgan fingerprint density at radius 2 is 2.13 bits per heavy atom. The minimum atomic E-state index is -0.0437. The van der Waals surface area contributed by atoms with E-state index in [-0.39, 0.29) is 13.2 Å². The number of ether oxygens (including phenoxy) is 1. The Balaban J connectivity index is 1.38. The Hall–Kier alpha value is -2.54. The van der Waals surface area contributed by atoms with Crippen LogP contribution in [0.5, 0.6) is 5.75 Å². The van der Waals surface area contributed by atoms with Crippen molar-refractivity contribution in [1.82, 2.24) is 15.0 Å². The first-order valence-electron chi connectivity index (χ1n) is 10.9. The summed E-state index contributed by atoms with van der Waals surface area (Å²) < 4.78 is 5.51. The van der Waals surface area contributed by atoms with E-state index in [9.17, 15) is 4.79 Å². The number of ketones is 1. The lowest BCUT2D eigenvalue weighted by atomic mass is 9.43. The quantitative estimate of drug-likeness (QED) is 0.682. The molecule has 0 atom stereocenters. The molecule has 3 saturated carbocycles. The normalized spacial score (nSPS) is 23.3. The molecule has 2 heterocycles. The summed E-state index contributed by atoms with van der Waals surface area (Å²) in [7, 11) is 1.96. The van der Waals surface area contributed by atoms with Crippen LogP contribution in [0.25, 0.3) is 11.5 Å². The average Bonchev–Trinajstić information content (AvgIpc) is 3.16. The summed E-state index contributed by atoms with van der Waals surface area (Å²) >= 11 is 0. The van der Waals surface area contributed by atoms with Gasteiger partial charge >= 0.3 is 0 Å². The second kappa shape index (κ2) is 7.61. The first-order valence-corrected chi connectivity index (χ1v) is 10.9. The van der Waals surface area contributed by atoms with Crippen LogP contribution < -0.4 is 9.64 Å². The van der Waals surface area contributed by atoms with Crippen molar-refractivity contribution in [3.05, 3.63) is 29.6 Å². The van der Waals surface area contributed by atoms with Crippen molar-refractivity contribution in [1.29, 1.82) is 0 Å². The lowest BCUT2D eigenvalue weighted by molar-refractivity contribution is -0.141. The third-order valence-electron chi connectivity index (χ3n) is 6.74. The Morgan fingerprint density at radius 3 is 2.87 bits per heavy atom. The lowest BCUT2D eigenvalue weighted by Gasteiger charge is -2.62. The molecule has 30 heavy (non-hydrogen) atoms. The average molecular weight is 409 g/mol. The summed E-state index contributed by atoms with van der Waals surface area (Å²) in [5, 5.41) is 8.98. The fourth-order valence-corrected chi connectivity index (χ4v) is 5.32. The molecule has 2 bridgehead atoms. The van der Waals surface area contributed by atoms with E-state index in [1.165, 1.54) is 19.3 Å². The van der Waals surface area contributed by atoms with Crippen molar-refractivity contribution in [2.45, 2.75) is 44.9 Å². The third kappa shape index (κ3) is 3.55. The number of fused-ring (bicyclic) bond motifs is 1. The Morgan fingerprint density at radius 1 is 1.30 bits per heavy atom. The Bertz CT molecular complexity index is 960. The van der Waals surface area contributed by atoms with Crippen LogP contribution in [0, 0.1) is 11.3 Å². The van der Waals surface area contributed by atoms with Crippen molar-refractivity contribution < 1.29 is 14.6 Å². The van der Waals surface area contributed by atoms with Gasteiger partial charge in [0.05, 0.1) is 13.2 Å². The zero-order valence-corrected chi connectivity index (χ0v) is 17.4. The number of anilines is 1. The molecule has 0 saturated heterocycles. The molecular weight excluding hydrogens is 380 g/mol. The lowest BCUT2D eigenvalue weighted by Crippen LogP contribution is -2.53. The van der Waals surface area contributed by atoms with Gasteiger partial charge in [-0.15, -0.1) is 0 Å². The molecule has 0 radical (unpaired) electrons. The van der Waals surface area contributed by atoms with Crippen LogP contribution in [-0.2, 0) is 17.6 Å². The summed E-state index contributed by atoms with van der Waals surface area (Å²) in [6.45, 7) is 0.577. The molecule has 1 N–H and O–H groups in total. The number of rotatable bonds is 9. The highest BCUT2D eigenvalue weighted by Gasteiger charge is 2.56. The SMILES string of the molecule is CN(CC(=O)CC12CC(C1)C2)c1nc(-c2cc(OCCO)ccn2)nc2c1CCC2. The van der Waals surface area contributed by atoms with Crippen molar-refractivity contribution in [3.63, 3.8) is 0 Å². The zero-order valence-electron chi connectivity index (χ0n) is 17.4. The summed E-state index contributed by atoms with van der Waals surface area (Å²) in [5.74, 6) is 3.23. The van der Waals surface area contributed by atoms with Crippen molar-refractivity contribution in [2.75, 3.05) is 31.7 Å². The number of aliphatic hydroxyl groups excluding tert-OH is 1. The van der Waals surface area contributed by atoms with Crippen LogP contribution in [0.4, 0.5) is 5.82 Å². The van der Waals surface area contributed by atoms with E-state index in [1.807, 2.05) is 11.9 Å². The number of hydrogen-bond acceptors (Lipinski definition) is 7. The first-order chi connectivity index (χ1) is 14.5. The van der Waals surface area contributed by atoms with Gasteiger partial charge in [0.1, 0.15) is 23.9 Å².